The van der Waals surface area contributed by atoms with Gasteiger partial charge in [-0.2, -0.15) is 0 Å². The molecule has 0 radical (unpaired) electrons. The average Bonchev–Trinajstić information content (AvgIpc) is 3.42. The fraction of sp³-hybridized carbons (Fsp3) is 0.762. The van der Waals surface area contributed by atoms with E-state index in [1.54, 1.807) is 0 Å². The maximum atomic E-state index is 12.7. The minimum absolute atomic E-state index is 0. The van der Waals surface area contributed by atoms with E-state index in [9.17, 15) is 4.79 Å². The van der Waals surface area contributed by atoms with Crippen molar-refractivity contribution in [1.82, 2.24) is 25.2 Å². The second-order valence-electron chi connectivity index (χ2n) is 8.27. The van der Waals surface area contributed by atoms with Gasteiger partial charge in [0.05, 0.1) is 11.7 Å². The van der Waals surface area contributed by atoms with Crippen molar-refractivity contribution in [3.8, 4) is 0 Å². The molecule has 0 spiro atoms. The van der Waals surface area contributed by atoms with Crippen LogP contribution in [0.15, 0.2) is 15.6 Å². The van der Waals surface area contributed by atoms with Crippen LogP contribution in [0.25, 0.3) is 0 Å². The summed E-state index contributed by atoms with van der Waals surface area (Å²) in [7, 11) is 0. The summed E-state index contributed by atoms with van der Waals surface area (Å²) in [5.74, 6) is 2.31. The van der Waals surface area contributed by atoms with E-state index in [0.29, 0.717) is 12.5 Å². The summed E-state index contributed by atoms with van der Waals surface area (Å²) in [6, 6.07) is 1.94. The molecule has 2 fully saturated rings. The van der Waals surface area contributed by atoms with Crippen molar-refractivity contribution in [2.24, 2.45) is 4.99 Å². The molecule has 0 aliphatic carbocycles. The topological polar surface area (TPSA) is 77.2 Å². The maximum absolute atomic E-state index is 12.7. The maximum Gasteiger partial charge on any atom is 0.239 e. The number of aromatic nitrogens is 1. The van der Waals surface area contributed by atoms with Crippen LogP contribution in [0.2, 0.25) is 0 Å². The van der Waals surface area contributed by atoms with Crippen LogP contribution in [-0.4, -0.2) is 83.6 Å². The van der Waals surface area contributed by atoms with E-state index in [-0.39, 0.29) is 35.9 Å². The van der Waals surface area contributed by atoms with Gasteiger partial charge in [-0.05, 0) is 32.6 Å². The van der Waals surface area contributed by atoms with Crippen LogP contribution in [0, 0.1) is 0 Å². The highest BCUT2D eigenvalue weighted by Crippen LogP contribution is 2.16. The number of carbonyl (C=O) groups excluding carboxylic acids is 1. The van der Waals surface area contributed by atoms with Crippen molar-refractivity contribution in [1.29, 1.82) is 0 Å². The van der Waals surface area contributed by atoms with Gasteiger partial charge in [0, 0.05) is 51.9 Å². The number of hydrogen-bond donors (Lipinski definition) is 1. The van der Waals surface area contributed by atoms with E-state index in [0.717, 1.165) is 76.1 Å². The molecular formula is C21H37IN6O2. The molecule has 0 saturated carbocycles. The van der Waals surface area contributed by atoms with Gasteiger partial charge in [0.1, 0.15) is 6.54 Å². The summed E-state index contributed by atoms with van der Waals surface area (Å²) in [5, 5.41) is 7.49. The number of hydrogen-bond acceptors (Lipinski definition) is 5. The third kappa shape index (κ3) is 6.32. The van der Waals surface area contributed by atoms with Crippen LogP contribution >= 0.6 is 24.0 Å². The van der Waals surface area contributed by atoms with Crippen molar-refractivity contribution in [2.75, 3.05) is 45.8 Å². The molecule has 1 amide bonds. The van der Waals surface area contributed by atoms with Crippen LogP contribution < -0.4 is 5.32 Å². The van der Waals surface area contributed by atoms with E-state index >= 15 is 0 Å². The molecule has 0 bridgehead atoms. The van der Waals surface area contributed by atoms with Crippen molar-refractivity contribution < 1.29 is 9.32 Å². The van der Waals surface area contributed by atoms with Gasteiger partial charge in [-0.3, -0.25) is 9.69 Å². The van der Waals surface area contributed by atoms with Gasteiger partial charge in [-0.15, -0.1) is 24.0 Å². The molecule has 1 aromatic heterocycles. The Labute approximate surface area is 197 Å². The summed E-state index contributed by atoms with van der Waals surface area (Å²) in [6.45, 7) is 14.9. The number of aliphatic imine (C=N–C) groups is 1. The third-order valence-electron chi connectivity index (χ3n) is 5.82. The van der Waals surface area contributed by atoms with Gasteiger partial charge >= 0.3 is 0 Å². The van der Waals surface area contributed by atoms with E-state index in [2.05, 4.69) is 41.0 Å². The first kappa shape index (κ1) is 24.9. The van der Waals surface area contributed by atoms with Gasteiger partial charge in [-0.25, -0.2) is 4.99 Å². The minimum Gasteiger partial charge on any atom is -0.359 e. The van der Waals surface area contributed by atoms with Gasteiger partial charge in [0.15, 0.2) is 11.7 Å². The largest absolute Gasteiger partial charge is 0.359 e. The molecule has 1 aromatic rings. The quantitative estimate of drug-likeness (QED) is 0.345. The molecule has 30 heavy (non-hydrogen) atoms. The number of carbonyl (C=O) groups is 1. The number of piperazine rings is 1. The Kier molecular flexibility index (Phi) is 9.86. The van der Waals surface area contributed by atoms with Gasteiger partial charge in [0.25, 0.3) is 0 Å². The van der Waals surface area contributed by atoms with E-state index in [1.807, 2.05) is 17.9 Å². The van der Waals surface area contributed by atoms with Crippen molar-refractivity contribution in [3.63, 3.8) is 0 Å². The number of nitrogens with one attached hydrogen (secondary N) is 1. The van der Waals surface area contributed by atoms with E-state index in [4.69, 9.17) is 9.52 Å². The lowest BCUT2D eigenvalue weighted by Crippen LogP contribution is -2.57. The zero-order chi connectivity index (χ0) is 20.8. The summed E-state index contributed by atoms with van der Waals surface area (Å²) in [5.41, 5.74) is 0.963. The fourth-order valence-electron chi connectivity index (χ4n) is 3.93. The molecule has 2 saturated heterocycles. The summed E-state index contributed by atoms with van der Waals surface area (Å²) >= 11 is 0. The molecule has 0 aromatic carbocycles. The van der Waals surface area contributed by atoms with Crippen LogP contribution in [0.1, 0.15) is 57.9 Å². The zero-order valence-electron chi connectivity index (χ0n) is 18.8. The van der Waals surface area contributed by atoms with E-state index in [1.165, 1.54) is 0 Å². The standard InChI is InChI=1S/C21H36N6O2.HI/c1-5-22-21(23-15-18-14-19(16(2)3)24-29-18)27-12-10-25(11-13-27)17(4)20(28)26-8-6-7-9-26;/h14,16-17H,5-13,15H2,1-4H3,(H,22,23);1H. The highest BCUT2D eigenvalue weighted by atomic mass is 127. The van der Waals surface area contributed by atoms with Crippen molar-refractivity contribution in [2.45, 2.75) is 59.0 Å². The zero-order valence-corrected chi connectivity index (χ0v) is 21.1. The highest BCUT2D eigenvalue weighted by molar-refractivity contribution is 14.0. The molecule has 170 valence electrons. The Bertz CT molecular complexity index is 693. The number of likely N-dealkylation sites (tertiary alicyclic amines) is 1. The Balaban J connectivity index is 0.00000320. The minimum atomic E-state index is -0.0431. The van der Waals surface area contributed by atoms with Crippen LogP contribution in [-0.2, 0) is 11.3 Å². The Morgan fingerprint density at radius 3 is 2.37 bits per heavy atom. The van der Waals surface area contributed by atoms with Crippen LogP contribution in [0.3, 0.4) is 0 Å². The monoisotopic (exact) mass is 532 g/mol. The first-order valence-electron chi connectivity index (χ1n) is 11.0. The SMILES string of the molecule is CCNC(=NCc1cc(C(C)C)no1)N1CCN(C(C)C(=O)N2CCCC2)CC1.I. The predicted octanol–water partition coefficient (Wildman–Crippen LogP) is 2.51. The lowest BCUT2D eigenvalue weighted by atomic mass is 10.1. The molecule has 2 aliphatic heterocycles. The van der Waals surface area contributed by atoms with Crippen LogP contribution in [0.5, 0.6) is 0 Å². The summed E-state index contributed by atoms with van der Waals surface area (Å²) in [6.07, 6.45) is 2.27. The number of rotatable bonds is 6. The molecule has 9 heteroatoms. The number of guanidine groups is 1. The Hall–Kier alpha value is -1.36. The molecule has 1 atom stereocenters. The van der Waals surface area contributed by atoms with Crippen molar-refractivity contribution >= 4 is 35.8 Å². The second-order valence-corrected chi connectivity index (χ2v) is 8.27. The number of amides is 1. The molecule has 8 nitrogen and oxygen atoms in total. The van der Waals surface area contributed by atoms with Gasteiger partial charge < -0.3 is 19.6 Å². The highest BCUT2D eigenvalue weighted by Gasteiger charge is 2.30. The first-order valence-corrected chi connectivity index (χ1v) is 11.0. The molecule has 3 rings (SSSR count). The third-order valence-corrected chi connectivity index (χ3v) is 5.82. The lowest BCUT2D eigenvalue weighted by Gasteiger charge is -2.39. The predicted molar refractivity (Wildman–Crippen MR) is 129 cm³/mol. The summed E-state index contributed by atoms with van der Waals surface area (Å²) < 4.78 is 5.41. The molecule has 3 heterocycles. The number of nitrogens with zero attached hydrogens (tertiary/aromatic N) is 5. The summed E-state index contributed by atoms with van der Waals surface area (Å²) in [4.78, 5) is 24.0. The molecule has 2 aliphatic rings. The smallest absolute Gasteiger partial charge is 0.239 e. The van der Waals surface area contributed by atoms with Gasteiger partial charge in [0.2, 0.25) is 5.91 Å². The van der Waals surface area contributed by atoms with Gasteiger partial charge in [-0.1, -0.05) is 19.0 Å². The fourth-order valence-corrected chi connectivity index (χ4v) is 3.93. The Morgan fingerprint density at radius 2 is 1.80 bits per heavy atom. The molecule has 1 unspecified atom stereocenters. The number of halogens is 1. The normalized spacial score (nSPS) is 19.2. The molecule has 1 N–H and O–H groups in total. The van der Waals surface area contributed by atoms with E-state index < -0.39 is 0 Å². The first-order chi connectivity index (χ1) is 14.0. The van der Waals surface area contributed by atoms with Crippen molar-refractivity contribution in [3.05, 3.63) is 17.5 Å². The lowest BCUT2D eigenvalue weighted by molar-refractivity contribution is -0.135. The average molecular weight is 532 g/mol. The second kappa shape index (κ2) is 11.9. The molecular weight excluding hydrogens is 495 g/mol. The van der Waals surface area contributed by atoms with Crippen LogP contribution in [0.4, 0.5) is 0 Å². The Morgan fingerprint density at radius 1 is 1.13 bits per heavy atom.